The minimum atomic E-state index is 0.323. The lowest BCUT2D eigenvalue weighted by molar-refractivity contribution is 0.108. The van der Waals surface area contributed by atoms with Gasteiger partial charge in [-0.1, -0.05) is 27.2 Å². The normalized spacial score (nSPS) is 13.7. The minimum Gasteiger partial charge on any atom is -0.380 e. The molecule has 16 heavy (non-hydrogen) atoms. The van der Waals surface area contributed by atoms with Crippen LogP contribution in [0.2, 0.25) is 0 Å². The fourth-order valence-electron chi connectivity index (χ4n) is 1.38. The molecule has 0 heterocycles. The van der Waals surface area contributed by atoms with Gasteiger partial charge in [-0.15, -0.1) is 0 Å². The molecule has 0 bridgehead atoms. The SMILES string of the molecule is CCCCOCCN(C)CCC(N)C(C)C. The van der Waals surface area contributed by atoms with Gasteiger partial charge in [0.15, 0.2) is 0 Å². The summed E-state index contributed by atoms with van der Waals surface area (Å²) < 4.78 is 5.53. The molecule has 0 spiro atoms. The Morgan fingerprint density at radius 2 is 1.88 bits per heavy atom. The zero-order chi connectivity index (χ0) is 12.4. The lowest BCUT2D eigenvalue weighted by atomic mass is 10.0. The predicted octanol–water partition coefficient (Wildman–Crippen LogP) is 2.11. The van der Waals surface area contributed by atoms with E-state index in [1.54, 1.807) is 0 Å². The Morgan fingerprint density at radius 3 is 2.44 bits per heavy atom. The van der Waals surface area contributed by atoms with E-state index in [9.17, 15) is 0 Å². The number of rotatable bonds is 10. The van der Waals surface area contributed by atoms with E-state index in [4.69, 9.17) is 10.5 Å². The number of hydrogen-bond donors (Lipinski definition) is 1. The van der Waals surface area contributed by atoms with Crippen molar-refractivity contribution < 1.29 is 4.74 Å². The monoisotopic (exact) mass is 230 g/mol. The number of nitrogens with two attached hydrogens (primary N) is 1. The molecule has 3 heteroatoms. The van der Waals surface area contributed by atoms with Gasteiger partial charge in [0.05, 0.1) is 6.61 Å². The van der Waals surface area contributed by atoms with Crippen molar-refractivity contribution in [2.75, 3.05) is 33.4 Å². The summed E-state index contributed by atoms with van der Waals surface area (Å²) >= 11 is 0. The van der Waals surface area contributed by atoms with Crippen molar-refractivity contribution >= 4 is 0 Å². The molecular formula is C13H30N2O. The molecule has 0 fully saturated rings. The second-order valence-electron chi connectivity index (χ2n) is 4.97. The second kappa shape index (κ2) is 10.1. The molecule has 0 aliphatic rings. The summed E-state index contributed by atoms with van der Waals surface area (Å²) in [6.45, 7) is 10.4. The lowest BCUT2D eigenvalue weighted by Gasteiger charge is -2.21. The molecule has 98 valence electrons. The quantitative estimate of drug-likeness (QED) is 0.584. The minimum absolute atomic E-state index is 0.323. The summed E-state index contributed by atoms with van der Waals surface area (Å²) in [5.41, 5.74) is 6.00. The third-order valence-corrected chi connectivity index (χ3v) is 2.96. The molecule has 0 aromatic carbocycles. The van der Waals surface area contributed by atoms with Crippen LogP contribution in [0.1, 0.15) is 40.0 Å². The van der Waals surface area contributed by atoms with Crippen LogP contribution in [0.3, 0.4) is 0 Å². The number of unbranched alkanes of at least 4 members (excludes halogenated alkanes) is 1. The maximum Gasteiger partial charge on any atom is 0.0593 e. The predicted molar refractivity (Wildman–Crippen MR) is 70.7 cm³/mol. The molecule has 0 amide bonds. The van der Waals surface area contributed by atoms with Crippen molar-refractivity contribution in [3.05, 3.63) is 0 Å². The Bertz CT molecular complexity index is 151. The van der Waals surface area contributed by atoms with E-state index in [0.29, 0.717) is 12.0 Å². The van der Waals surface area contributed by atoms with Gasteiger partial charge in [0, 0.05) is 19.2 Å². The Balaban J connectivity index is 3.34. The highest BCUT2D eigenvalue weighted by Gasteiger charge is 2.08. The molecule has 3 nitrogen and oxygen atoms in total. The van der Waals surface area contributed by atoms with Gasteiger partial charge in [0.2, 0.25) is 0 Å². The van der Waals surface area contributed by atoms with Crippen LogP contribution in [0.4, 0.5) is 0 Å². The maximum absolute atomic E-state index is 6.00. The van der Waals surface area contributed by atoms with Gasteiger partial charge in [-0.25, -0.2) is 0 Å². The molecule has 0 aliphatic heterocycles. The number of hydrogen-bond acceptors (Lipinski definition) is 3. The second-order valence-corrected chi connectivity index (χ2v) is 4.97. The van der Waals surface area contributed by atoms with Crippen LogP contribution in [0.15, 0.2) is 0 Å². The number of ether oxygens (including phenoxy) is 1. The third-order valence-electron chi connectivity index (χ3n) is 2.96. The maximum atomic E-state index is 6.00. The molecular weight excluding hydrogens is 200 g/mol. The first-order valence-corrected chi connectivity index (χ1v) is 6.59. The molecule has 0 aromatic heterocycles. The van der Waals surface area contributed by atoms with Crippen LogP contribution < -0.4 is 5.73 Å². The van der Waals surface area contributed by atoms with Crippen molar-refractivity contribution in [3.8, 4) is 0 Å². The highest BCUT2D eigenvalue weighted by molar-refractivity contribution is 4.67. The van der Waals surface area contributed by atoms with Gasteiger partial charge in [-0.3, -0.25) is 0 Å². The Hall–Kier alpha value is -0.120. The van der Waals surface area contributed by atoms with Crippen LogP contribution in [-0.4, -0.2) is 44.3 Å². The van der Waals surface area contributed by atoms with Crippen molar-refractivity contribution in [3.63, 3.8) is 0 Å². The lowest BCUT2D eigenvalue weighted by Crippen LogP contribution is -2.33. The Kier molecular flexibility index (Phi) is 9.99. The fraction of sp³-hybridized carbons (Fsp3) is 1.00. The van der Waals surface area contributed by atoms with E-state index in [0.717, 1.165) is 32.7 Å². The first kappa shape index (κ1) is 15.9. The molecule has 0 aromatic rings. The zero-order valence-corrected chi connectivity index (χ0v) is 11.5. The zero-order valence-electron chi connectivity index (χ0n) is 11.5. The summed E-state index contributed by atoms with van der Waals surface area (Å²) in [6, 6.07) is 0.323. The van der Waals surface area contributed by atoms with Gasteiger partial charge < -0.3 is 15.4 Å². The standard InChI is InChI=1S/C13H30N2O/c1-5-6-10-16-11-9-15(4)8-7-13(14)12(2)3/h12-13H,5-11,14H2,1-4H3. The van der Waals surface area contributed by atoms with Crippen LogP contribution in [-0.2, 0) is 4.74 Å². The molecule has 0 rings (SSSR count). The largest absolute Gasteiger partial charge is 0.380 e. The summed E-state index contributed by atoms with van der Waals surface area (Å²) in [4.78, 5) is 2.30. The molecule has 0 saturated heterocycles. The van der Waals surface area contributed by atoms with E-state index in [2.05, 4.69) is 32.7 Å². The van der Waals surface area contributed by atoms with E-state index >= 15 is 0 Å². The van der Waals surface area contributed by atoms with Gasteiger partial charge in [0.1, 0.15) is 0 Å². The molecule has 0 aliphatic carbocycles. The summed E-state index contributed by atoms with van der Waals surface area (Å²) in [5, 5.41) is 0. The first-order chi connectivity index (χ1) is 7.57. The smallest absolute Gasteiger partial charge is 0.0593 e. The third kappa shape index (κ3) is 9.13. The van der Waals surface area contributed by atoms with Gasteiger partial charge in [-0.2, -0.15) is 0 Å². The Labute approximate surface area is 101 Å². The van der Waals surface area contributed by atoms with Crippen LogP contribution >= 0.6 is 0 Å². The highest BCUT2D eigenvalue weighted by Crippen LogP contribution is 2.03. The molecule has 1 unspecified atom stereocenters. The van der Waals surface area contributed by atoms with E-state index in [1.165, 1.54) is 12.8 Å². The molecule has 1 atom stereocenters. The van der Waals surface area contributed by atoms with E-state index in [-0.39, 0.29) is 0 Å². The van der Waals surface area contributed by atoms with Gasteiger partial charge in [-0.05, 0) is 32.4 Å². The average molecular weight is 230 g/mol. The van der Waals surface area contributed by atoms with Crippen molar-refractivity contribution in [1.29, 1.82) is 0 Å². The first-order valence-electron chi connectivity index (χ1n) is 6.59. The summed E-state index contributed by atoms with van der Waals surface area (Å²) in [5.74, 6) is 0.578. The van der Waals surface area contributed by atoms with E-state index in [1.807, 2.05) is 0 Å². The summed E-state index contributed by atoms with van der Waals surface area (Å²) in [7, 11) is 2.14. The van der Waals surface area contributed by atoms with Crippen LogP contribution in [0.25, 0.3) is 0 Å². The van der Waals surface area contributed by atoms with Crippen LogP contribution in [0.5, 0.6) is 0 Å². The average Bonchev–Trinajstić information content (AvgIpc) is 2.25. The topological polar surface area (TPSA) is 38.5 Å². The Morgan fingerprint density at radius 1 is 1.19 bits per heavy atom. The van der Waals surface area contributed by atoms with Crippen LogP contribution in [0, 0.1) is 5.92 Å². The summed E-state index contributed by atoms with van der Waals surface area (Å²) in [6.07, 6.45) is 3.45. The van der Waals surface area contributed by atoms with Gasteiger partial charge in [0.25, 0.3) is 0 Å². The van der Waals surface area contributed by atoms with E-state index < -0.39 is 0 Å². The van der Waals surface area contributed by atoms with Crippen molar-refractivity contribution in [2.45, 2.75) is 46.1 Å². The van der Waals surface area contributed by atoms with Crippen molar-refractivity contribution in [2.24, 2.45) is 11.7 Å². The highest BCUT2D eigenvalue weighted by atomic mass is 16.5. The molecule has 0 radical (unpaired) electrons. The molecule has 0 saturated carbocycles. The fourth-order valence-corrected chi connectivity index (χ4v) is 1.38. The van der Waals surface area contributed by atoms with Crippen molar-refractivity contribution in [1.82, 2.24) is 4.90 Å². The van der Waals surface area contributed by atoms with Gasteiger partial charge >= 0.3 is 0 Å². The molecule has 2 N–H and O–H groups in total. The number of likely N-dealkylation sites (N-methyl/N-ethyl adjacent to an activating group) is 1. The number of nitrogens with zero attached hydrogens (tertiary/aromatic N) is 1.